The SMILES string of the molecule is CCCCOc1cccc(NCC(=O)Nc2cccc(C(=O)N(CC)c3ccccc3)c2)c1. The lowest BCUT2D eigenvalue weighted by Gasteiger charge is -2.21. The summed E-state index contributed by atoms with van der Waals surface area (Å²) in [6.45, 7) is 5.38. The molecule has 0 aromatic heterocycles. The van der Waals surface area contributed by atoms with Crippen LogP contribution in [-0.2, 0) is 4.79 Å². The molecule has 2 N–H and O–H groups in total. The van der Waals surface area contributed by atoms with Crippen LogP contribution in [0.4, 0.5) is 17.1 Å². The first-order chi connectivity index (χ1) is 16.1. The van der Waals surface area contributed by atoms with Gasteiger partial charge in [0.15, 0.2) is 0 Å². The largest absolute Gasteiger partial charge is 0.494 e. The molecule has 0 fully saturated rings. The third kappa shape index (κ3) is 7.10. The number of hydrogen-bond donors (Lipinski definition) is 2. The lowest BCUT2D eigenvalue weighted by molar-refractivity contribution is -0.114. The van der Waals surface area contributed by atoms with E-state index in [1.807, 2.05) is 61.5 Å². The highest BCUT2D eigenvalue weighted by Crippen LogP contribution is 2.20. The van der Waals surface area contributed by atoms with Crippen LogP contribution in [0.15, 0.2) is 78.9 Å². The molecule has 2 amide bonds. The summed E-state index contributed by atoms with van der Waals surface area (Å²) < 4.78 is 5.71. The molecule has 3 rings (SSSR count). The van der Waals surface area contributed by atoms with Crippen LogP contribution in [0.1, 0.15) is 37.0 Å². The van der Waals surface area contributed by atoms with Crippen molar-refractivity contribution in [3.8, 4) is 5.75 Å². The predicted octanol–water partition coefficient (Wildman–Crippen LogP) is 5.58. The summed E-state index contributed by atoms with van der Waals surface area (Å²) in [7, 11) is 0. The second kappa shape index (κ2) is 12.3. The monoisotopic (exact) mass is 445 g/mol. The molecule has 0 heterocycles. The van der Waals surface area contributed by atoms with Crippen LogP contribution in [0.25, 0.3) is 0 Å². The van der Waals surface area contributed by atoms with Gasteiger partial charge in [-0.3, -0.25) is 9.59 Å². The highest BCUT2D eigenvalue weighted by molar-refractivity contribution is 6.07. The predicted molar refractivity (Wildman–Crippen MR) is 134 cm³/mol. The molecule has 0 aliphatic heterocycles. The maximum atomic E-state index is 13.0. The van der Waals surface area contributed by atoms with Gasteiger partial charge in [-0.1, -0.05) is 43.7 Å². The lowest BCUT2D eigenvalue weighted by Crippen LogP contribution is -2.30. The summed E-state index contributed by atoms with van der Waals surface area (Å²) in [5, 5.41) is 5.97. The number of unbranched alkanes of at least 4 members (excludes halogenated alkanes) is 1. The summed E-state index contributed by atoms with van der Waals surface area (Å²) in [5.74, 6) is 0.462. The summed E-state index contributed by atoms with van der Waals surface area (Å²) >= 11 is 0. The number of para-hydroxylation sites is 1. The third-order valence-corrected chi connectivity index (χ3v) is 5.08. The van der Waals surface area contributed by atoms with Gasteiger partial charge >= 0.3 is 0 Å². The van der Waals surface area contributed by atoms with Gasteiger partial charge in [-0.25, -0.2) is 0 Å². The van der Waals surface area contributed by atoms with Gasteiger partial charge in [0.25, 0.3) is 5.91 Å². The van der Waals surface area contributed by atoms with Gasteiger partial charge in [0.2, 0.25) is 5.91 Å². The van der Waals surface area contributed by atoms with Crippen LogP contribution in [0.2, 0.25) is 0 Å². The van der Waals surface area contributed by atoms with Crippen LogP contribution in [0.3, 0.4) is 0 Å². The number of ether oxygens (including phenoxy) is 1. The van der Waals surface area contributed by atoms with Crippen molar-refractivity contribution >= 4 is 28.9 Å². The number of anilines is 3. The molecule has 0 bridgehead atoms. The zero-order chi connectivity index (χ0) is 23.5. The number of nitrogens with zero attached hydrogens (tertiary/aromatic N) is 1. The van der Waals surface area contributed by atoms with E-state index in [0.717, 1.165) is 30.0 Å². The van der Waals surface area contributed by atoms with Crippen LogP contribution >= 0.6 is 0 Å². The molecule has 3 aromatic rings. The van der Waals surface area contributed by atoms with Gasteiger partial charge in [-0.2, -0.15) is 0 Å². The zero-order valence-electron chi connectivity index (χ0n) is 19.2. The highest BCUT2D eigenvalue weighted by atomic mass is 16.5. The summed E-state index contributed by atoms with van der Waals surface area (Å²) in [6.07, 6.45) is 2.08. The van der Waals surface area contributed by atoms with E-state index in [-0.39, 0.29) is 18.4 Å². The van der Waals surface area contributed by atoms with Gasteiger partial charge in [0.05, 0.1) is 13.2 Å². The van der Waals surface area contributed by atoms with Gasteiger partial charge in [0, 0.05) is 35.2 Å². The van der Waals surface area contributed by atoms with Gasteiger partial charge in [0.1, 0.15) is 5.75 Å². The zero-order valence-corrected chi connectivity index (χ0v) is 19.2. The summed E-state index contributed by atoms with van der Waals surface area (Å²) in [6, 6.07) is 24.1. The Balaban J connectivity index is 1.58. The molecular weight excluding hydrogens is 414 g/mol. The summed E-state index contributed by atoms with van der Waals surface area (Å²) in [4.78, 5) is 27.2. The van der Waals surface area contributed by atoms with Crippen molar-refractivity contribution in [1.29, 1.82) is 0 Å². The van der Waals surface area contributed by atoms with Crippen molar-refractivity contribution in [2.24, 2.45) is 0 Å². The molecule has 0 atom stereocenters. The molecule has 33 heavy (non-hydrogen) atoms. The first-order valence-corrected chi connectivity index (χ1v) is 11.3. The fourth-order valence-electron chi connectivity index (χ4n) is 3.35. The van der Waals surface area contributed by atoms with Gasteiger partial charge < -0.3 is 20.3 Å². The van der Waals surface area contributed by atoms with E-state index >= 15 is 0 Å². The van der Waals surface area contributed by atoms with Crippen LogP contribution in [0.5, 0.6) is 5.75 Å². The third-order valence-electron chi connectivity index (χ3n) is 5.08. The molecule has 0 radical (unpaired) electrons. The lowest BCUT2D eigenvalue weighted by atomic mass is 10.1. The Morgan fingerprint density at radius 2 is 1.64 bits per heavy atom. The Hall–Kier alpha value is -3.80. The topological polar surface area (TPSA) is 70.7 Å². The molecule has 0 saturated heterocycles. The first-order valence-electron chi connectivity index (χ1n) is 11.3. The van der Waals surface area contributed by atoms with Gasteiger partial charge in [-0.15, -0.1) is 0 Å². The molecular formula is C27H31N3O3. The van der Waals surface area contributed by atoms with E-state index in [9.17, 15) is 9.59 Å². The average Bonchev–Trinajstić information content (AvgIpc) is 2.84. The molecule has 172 valence electrons. The fourth-order valence-corrected chi connectivity index (χ4v) is 3.35. The second-order valence-electron chi connectivity index (χ2n) is 7.60. The maximum absolute atomic E-state index is 13.0. The van der Waals surface area contributed by atoms with Crippen LogP contribution < -0.4 is 20.3 Å². The number of amides is 2. The molecule has 6 nitrogen and oxygen atoms in total. The fraction of sp³-hybridized carbons (Fsp3) is 0.259. The Labute approximate surface area is 195 Å². The average molecular weight is 446 g/mol. The minimum atomic E-state index is -0.202. The van der Waals surface area contributed by atoms with E-state index in [0.29, 0.717) is 24.4 Å². The number of carbonyl (C=O) groups is 2. The van der Waals surface area contributed by atoms with E-state index in [1.165, 1.54) is 0 Å². The highest BCUT2D eigenvalue weighted by Gasteiger charge is 2.16. The molecule has 0 spiro atoms. The maximum Gasteiger partial charge on any atom is 0.258 e. The number of rotatable bonds is 11. The van der Waals surface area contributed by atoms with Crippen molar-refractivity contribution in [1.82, 2.24) is 0 Å². The van der Waals surface area contributed by atoms with Crippen molar-refractivity contribution in [3.05, 3.63) is 84.4 Å². The van der Waals surface area contributed by atoms with Crippen molar-refractivity contribution in [2.45, 2.75) is 26.7 Å². The van der Waals surface area contributed by atoms with Crippen LogP contribution in [0, 0.1) is 0 Å². The quantitative estimate of drug-likeness (QED) is 0.378. The number of nitrogens with one attached hydrogen (secondary N) is 2. The Morgan fingerprint density at radius 1 is 0.879 bits per heavy atom. The minimum Gasteiger partial charge on any atom is -0.494 e. The summed E-state index contributed by atoms with van der Waals surface area (Å²) in [5.41, 5.74) is 2.74. The molecule has 3 aromatic carbocycles. The van der Waals surface area contributed by atoms with Crippen molar-refractivity contribution in [3.63, 3.8) is 0 Å². The number of benzene rings is 3. The van der Waals surface area contributed by atoms with Gasteiger partial charge in [-0.05, 0) is 55.8 Å². The Morgan fingerprint density at radius 3 is 2.39 bits per heavy atom. The standard InChI is InChI=1S/C27H31N3O3/c1-3-5-17-33-25-16-10-12-22(19-25)28-20-26(31)29-23-13-9-11-21(18-23)27(32)30(4-2)24-14-7-6-8-15-24/h6-16,18-19,28H,3-5,17,20H2,1-2H3,(H,29,31). The van der Waals surface area contributed by atoms with E-state index in [1.54, 1.807) is 29.2 Å². The van der Waals surface area contributed by atoms with E-state index in [4.69, 9.17) is 4.74 Å². The molecule has 0 unspecified atom stereocenters. The smallest absolute Gasteiger partial charge is 0.258 e. The van der Waals surface area contributed by atoms with Crippen molar-refractivity contribution < 1.29 is 14.3 Å². The molecule has 6 heteroatoms. The van der Waals surface area contributed by atoms with Crippen molar-refractivity contribution in [2.75, 3.05) is 35.2 Å². The Bertz CT molecular complexity index is 1050. The molecule has 0 saturated carbocycles. The number of carbonyl (C=O) groups excluding carboxylic acids is 2. The molecule has 0 aliphatic rings. The minimum absolute atomic E-state index is 0.0989. The Kier molecular flexibility index (Phi) is 8.88. The number of hydrogen-bond acceptors (Lipinski definition) is 4. The van der Waals surface area contributed by atoms with Crippen LogP contribution in [-0.4, -0.2) is 31.5 Å². The second-order valence-corrected chi connectivity index (χ2v) is 7.60. The normalized spacial score (nSPS) is 10.4. The molecule has 0 aliphatic carbocycles. The first kappa shape index (κ1) is 23.9. The van der Waals surface area contributed by atoms with E-state index in [2.05, 4.69) is 17.6 Å². The van der Waals surface area contributed by atoms with E-state index < -0.39 is 0 Å².